The van der Waals surface area contributed by atoms with E-state index in [-0.39, 0.29) is 0 Å². The van der Waals surface area contributed by atoms with Crippen LogP contribution >= 0.6 is 0 Å². The van der Waals surface area contributed by atoms with Gasteiger partial charge < -0.3 is 5.32 Å². The van der Waals surface area contributed by atoms with Crippen LogP contribution in [0, 0.1) is 0 Å². The molecule has 3 rings (SSSR count). The van der Waals surface area contributed by atoms with E-state index < -0.39 is 0 Å². The van der Waals surface area contributed by atoms with E-state index >= 15 is 0 Å². The van der Waals surface area contributed by atoms with Crippen LogP contribution in [-0.4, -0.2) is 32.8 Å². The monoisotopic (exact) mass is 271 g/mol. The molecule has 0 bridgehead atoms. The van der Waals surface area contributed by atoms with Crippen LogP contribution in [0.4, 0.5) is 0 Å². The number of hydrogen-bond donors (Lipinski definition) is 1. The maximum atomic E-state index is 4.61. The van der Waals surface area contributed by atoms with Crippen molar-refractivity contribution in [1.29, 1.82) is 0 Å². The van der Waals surface area contributed by atoms with Gasteiger partial charge in [0.15, 0.2) is 0 Å². The fraction of sp³-hybridized carbons (Fsp3) is 0.533. The second-order valence-electron chi connectivity index (χ2n) is 5.65. The molecule has 2 aromatic rings. The average molecular weight is 271 g/mol. The third-order valence-corrected chi connectivity index (χ3v) is 3.86. The van der Waals surface area contributed by atoms with E-state index in [1.807, 2.05) is 29.5 Å². The zero-order valence-electron chi connectivity index (χ0n) is 12.1. The van der Waals surface area contributed by atoms with E-state index in [9.17, 15) is 0 Å². The van der Waals surface area contributed by atoms with E-state index in [1.165, 1.54) is 0 Å². The van der Waals surface area contributed by atoms with Crippen molar-refractivity contribution in [3.05, 3.63) is 30.5 Å². The van der Waals surface area contributed by atoms with Crippen molar-refractivity contribution >= 4 is 0 Å². The highest BCUT2D eigenvalue weighted by Crippen LogP contribution is 2.24. The summed E-state index contributed by atoms with van der Waals surface area (Å²) in [6.45, 7) is 6.38. The second-order valence-corrected chi connectivity index (χ2v) is 5.65. The Labute approximate surface area is 119 Å². The molecular weight excluding hydrogens is 250 g/mol. The molecule has 1 aliphatic heterocycles. The maximum Gasteiger partial charge on any atom is 0.0916 e. The highest BCUT2D eigenvalue weighted by Gasteiger charge is 2.17. The van der Waals surface area contributed by atoms with Crippen molar-refractivity contribution in [2.75, 3.05) is 13.1 Å². The van der Waals surface area contributed by atoms with E-state index in [4.69, 9.17) is 0 Å². The quantitative estimate of drug-likeness (QED) is 0.931. The number of hydrogen-bond acceptors (Lipinski definition) is 4. The fourth-order valence-corrected chi connectivity index (χ4v) is 2.57. The smallest absolute Gasteiger partial charge is 0.0916 e. The van der Waals surface area contributed by atoms with E-state index in [0.717, 1.165) is 42.9 Å². The average Bonchev–Trinajstić information content (AvgIpc) is 2.98. The third kappa shape index (κ3) is 2.72. The Morgan fingerprint density at radius 3 is 2.55 bits per heavy atom. The van der Waals surface area contributed by atoms with Crippen LogP contribution in [0.1, 0.15) is 44.3 Å². The lowest BCUT2D eigenvalue weighted by Gasteiger charge is -2.21. The summed E-state index contributed by atoms with van der Waals surface area (Å²) in [4.78, 5) is 9.17. The maximum absolute atomic E-state index is 4.61. The topological polar surface area (TPSA) is 55.6 Å². The van der Waals surface area contributed by atoms with Gasteiger partial charge >= 0.3 is 0 Å². The number of nitrogens with zero attached hydrogens (tertiary/aromatic N) is 4. The lowest BCUT2D eigenvalue weighted by molar-refractivity contribution is 0.452. The molecule has 1 saturated heterocycles. The molecule has 0 aromatic carbocycles. The van der Waals surface area contributed by atoms with Gasteiger partial charge in [0.2, 0.25) is 0 Å². The Balaban J connectivity index is 1.77. The molecule has 20 heavy (non-hydrogen) atoms. The Hall–Kier alpha value is -1.75. The summed E-state index contributed by atoms with van der Waals surface area (Å²) < 4.78 is 1.94. The lowest BCUT2D eigenvalue weighted by atomic mass is 9.95. The molecule has 1 N–H and O–H groups in total. The summed E-state index contributed by atoms with van der Waals surface area (Å²) in [6.07, 6.45) is 9.99. The molecule has 0 unspecified atom stereocenters. The minimum Gasteiger partial charge on any atom is -0.317 e. The van der Waals surface area contributed by atoms with Gasteiger partial charge in [0.05, 0.1) is 23.8 Å². The zero-order valence-corrected chi connectivity index (χ0v) is 12.1. The van der Waals surface area contributed by atoms with E-state index in [2.05, 4.69) is 34.2 Å². The molecule has 5 nitrogen and oxygen atoms in total. The Morgan fingerprint density at radius 2 is 1.95 bits per heavy atom. The summed E-state index contributed by atoms with van der Waals surface area (Å²) in [5, 5.41) is 7.72. The van der Waals surface area contributed by atoms with Crippen molar-refractivity contribution in [1.82, 2.24) is 25.1 Å². The first-order valence-electron chi connectivity index (χ1n) is 7.31. The number of rotatable bonds is 3. The molecule has 3 heterocycles. The minimum absolute atomic E-state index is 0.366. The Bertz CT molecular complexity index is 552. The molecule has 0 spiro atoms. The molecular formula is C15H21N5. The predicted octanol–water partition coefficient (Wildman–Crippen LogP) is 2.39. The number of nitrogens with one attached hydrogen (secondary N) is 1. The predicted molar refractivity (Wildman–Crippen MR) is 78.5 cm³/mol. The van der Waals surface area contributed by atoms with Crippen LogP contribution in [0.15, 0.2) is 24.8 Å². The molecule has 0 aliphatic carbocycles. The highest BCUT2D eigenvalue weighted by molar-refractivity contribution is 5.55. The van der Waals surface area contributed by atoms with Gasteiger partial charge in [-0.1, -0.05) is 0 Å². The van der Waals surface area contributed by atoms with Crippen molar-refractivity contribution in [2.24, 2.45) is 0 Å². The Kier molecular flexibility index (Phi) is 3.78. The van der Waals surface area contributed by atoms with E-state index in [0.29, 0.717) is 12.0 Å². The van der Waals surface area contributed by atoms with Crippen molar-refractivity contribution in [3.63, 3.8) is 0 Å². The van der Waals surface area contributed by atoms with Crippen LogP contribution in [-0.2, 0) is 0 Å². The molecule has 5 heteroatoms. The van der Waals surface area contributed by atoms with Crippen molar-refractivity contribution in [2.45, 2.75) is 38.6 Å². The first-order valence-corrected chi connectivity index (χ1v) is 7.31. The van der Waals surface area contributed by atoms with Gasteiger partial charge in [-0.25, -0.2) is 0 Å². The molecule has 0 saturated carbocycles. The number of piperidine rings is 1. The highest BCUT2D eigenvalue weighted by atomic mass is 15.3. The van der Waals surface area contributed by atoms with Crippen LogP contribution in [0.25, 0.3) is 11.3 Å². The molecule has 0 radical (unpaired) electrons. The number of aromatic nitrogens is 4. The first-order chi connectivity index (χ1) is 9.74. The molecule has 0 atom stereocenters. The summed E-state index contributed by atoms with van der Waals surface area (Å²) in [5.74, 6) is 0.552. The van der Waals surface area contributed by atoms with Crippen LogP contribution in [0.2, 0.25) is 0 Å². The largest absolute Gasteiger partial charge is 0.317 e. The molecule has 106 valence electrons. The summed E-state index contributed by atoms with van der Waals surface area (Å²) in [6, 6.07) is 0.366. The zero-order chi connectivity index (χ0) is 13.9. The normalized spacial score (nSPS) is 16.8. The molecule has 2 aromatic heterocycles. The van der Waals surface area contributed by atoms with Gasteiger partial charge in [-0.15, -0.1) is 0 Å². The SMILES string of the molecule is CC(C)n1cc(-c2cnc(C3CCNCC3)cn2)cn1. The third-order valence-electron chi connectivity index (χ3n) is 3.86. The van der Waals surface area contributed by atoms with Gasteiger partial charge in [-0.05, 0) is 39.8 Å². The molecule has 1 fully saturated rings. The van der Waals surface area contributed by atoms with Gasteiger partial charge in [0.25, 0.3) is 0 Å². The van der Waals surface area contributed by atoms with Gasteiger partial charge in [-0.3, -0.25) is 14.6 Å². The van der Waals surface area contributed by atoms with Crippen LogP contribution in [0.3, 0.4) is 0 Å². The first kappa shape index (κ1) is 13.2. The van der Waals surface area contributed by atoms with Crippen molar-refractivity contribution in [3.8, 4) is 11.3 Å². The van der Waals surface area contributed by atoms with Crippen LogP contribution in [0.5, 0.6) is 0 Å². The van der Waals surface area contributed by atoms with Crippen LogP contribution < -0.4 is 5.32 Å². The second kappa shape index (κ2) is 5.71. The fourth-order valence-electron chi connectivity index (χ4n) is 2.57. The Morgan fingerprint density at radius 1 is 1.15 bits per heavy atom. The van der Waals surface area contributed by atoms with Gasteiger partial charge in [0.1, 0.15) is 0 Å². The summed E-state index contributed by atoms with van der Waals surface area (Å²) in [7, 11) is 0. The lowest BCUT2D eigenvalue weighted by Crippen LogP contribution is -2.27. The molecule has 0 amide bonds. The standard InChI is InChI=1S/C15H21N5/c1-11(2)20-10-13(7-19-20)15-9-17-14(8-18-15)12-3-5-16-6-4-12/h7-12,16H,3-6H2,1-2H3. The van der Waals surface area contributed by atoms with Crippen molar-refractivity contribution < 1.29 is 0 Å². The summed E-state index contributed by atoms with van der Waals surface area (Å²) >= 11 is 0. The minimum atomic E-state index is 0.366. The summed E-state index contributed by atoms with van der Waals surface area (Å²) in [5.41, 5.74) is 3.05. The van der Waals surface area contributed by atoms with E-state index in [1.54, 1.807) is 0 Å². The van der Waals surface area contributed by atoms with Gasteiger partial charge in [0, 0.05) is 29.9 Å². The molecule has 1 aliphatic rings. The van der Waals surface area contributed by atoms with Gasteiger partial charge in [-0.2, -0.15) is 5.10 Å².